The average Bonchev–Trinajstić information content (AvgIpc) is 3.06. The zero-order valence-electron chi connectivity index (χ0n) is 17.3. The predicted octanol–water partition coefficient (Wildman–Crippen LogP) is 3.94. The highest BCUT2D eigenvalue weighted by molar-refractivity contribution is 6.22. The molecule has 152 valence electrons. The Morgan fingerprint density at radius 2 is 1.60 bits per heavy atom. The van der Waals surface area contributed by atoms with Crippen molar-refractivity contribution < 1.29 is 14.3 Å². The standard InChI is InChI=1S/C25H24N2O3/c1-27(2)22(20-10-6-7-11-23(20)30-3)15-26-25(29)16-12-13-18-17-8-4-5-9-19(17)24(28)21(18)14-16/h4-14,22H,15H2,1-3H3,(H,26,29). The topological polar surface area (TPSA) is 58.6 Å². The van der Waals surface area contributed by atoms with Crippen LogP contribution in [0.25, 0.3) is 11.1 Å². The lowest BCUT2D eigenvalue weighted by molar-refractivity contribution is 0.0941. The van der Waals surface area contributed by atoms with E-state index < -0.39 is 0 Å². The Balaban J connectivity index is 1.54. The maximum Gasteiger partial charge on any atom is 0.251 e. The van der Waals surface area contributed by atoms with Crippen molar-refractivity contribution in [1.82, 2.24) is 10.2 Å². The Morgan fingerprint density at radius 3 is 2.33 bits per heavy atom. The normalized spacial score (nSPS) is 13.0. The van der Waals surface area contributed by atoms with Gasteiger partial charge in [-0.3, -0.25) is 9.59 Å². The first kappa shape index (κ1) is 19.9. The number of rotatable bonds is 6. The van der Waals surface area contributed by atoms with Crippen LogP contribution in [0.4, 0.5) is 0 Å². The van der Waals surface area contributed by atoms with E-state index in [0.29, 0.717) is 23.2 Å². The molecule has 1 aliphatic carbocycles. The lowest BCUT2D eigenvalue weighted by atomic mass is 10.0. The van der Waals surface area contributed by atoms with Crippen LogP contribution in [0.3, 0.4) is 0 Å². The van der Waals surface area contributed by atoms with Crippen molar-refractivity contribution >= 4 is 11.7 Å². The molecule has 0 saturated carbocycles. The van der Waals surface area contributed by atoms with Gasteiger partial charge in [0.15, 0.2) is 5.78 Å². The lowest BCUT2D eigenvalue weighted by Gasteiger charge is -2.26. The third-order valence-corrected chi connectivity index (χ3v) is 5.57. The lowest BCUT2D eigenvalue weighted by Crippen LogP contribution is -2.34. The highest BCUT2D eigenvalue weighted by Crippen LogP contribution is 2.36. The third-order valence-electron chi connectivity index (χ3n) is 5.57. The number of nitrogens with zero attached hydrogens (tertiary/aromatic N) is 1. The Morgan fingerprint density at radius 1 is 0.933 bits per heavy atom. The number of nitrogens with one attached hydrogen (secondary N) is 1. The molecule has 3 aromatic carbocycles. The smallest absolute Gasteiger partial charge is 0.251 e. The molecular weight excluding hydrogens is 376 g/mol. The van der Waals surface area contributed by atoms with Crippen LogP contribution in [0.2, 0.25) is 0 Å². The van der Waals surface area contributed by atoms with E-state index in [1.54, 1.807) is 19.2 Å². The molecular formula is C25H24N2O3. The van der Waals surface area contributed by atoms with Crippen molar-refractivity contribution in [2.75, 3.05) is 27.7 Å². The molecule has 0 bridgehead atoms. The van der Waals surface area contributed by atoms with Gasteiger partial charge in [0.05, 0.1) is 13.2 Å². The summed E-state index contributed by atoms with van der Waals surface area (Å²) >= 11 is 0. The molecule has 0 fully saturated rings. The number of carbonyl (C=O) groups excluding carboxylic acids is 2. The summed E-state index contributed by atoms with van der Waals surface area (Å²) in [5.41, 5.74) is 4.56. The minimum Gasteiger partial charge on any atom is -0.496 e. The van der Waals surface area contributed by atoms with E-state index in [0.717, 1.165) is 22.4 Å². The van der Waals surface area contributed by atoms with E-state index in [1.807, 2.05) is 73.6 Å². The maximum atomic E-state index is 12.9. The van der Waals surface area contributed by atoms with Crippen LogP contribution in [-0.4, -0.2) is 44.3 Å². The second-order valence-corrected chi connectivity index (χ2v) is 7.57. The number of methoxy groups -OCH3 is 1. The molecule has 0 aliphatic heterocycles. The maximum absolute atomic E-state index is 12.9. The van der Waals surface area contributed by atoms with Crippen LogP contribution in [0.5, 0.6) is 5.75 Å². The van der Waals surface area contributed by atoms with Gasteiger partial charge in [0.2, 0.25) is 0 Å². The molecule has 0 saturated heterocycles. The van der Waals surface area contributed by atoms with Crippen molar-refractivity contribution in [2.24, 2.45) is 0 Å². The Labute approximate surface area is 176 Å². The zero-order valence-corrected chi connectivity index (χ0v) is 17.3. The number of fused-ring (bicyclic) bond motifs is 3. The van der Waals surface area contributed by atoms with Gasteiger partial charge in [-0.1, -0.05) is 48.5 Å². The van der Waals surface area contributed by atoms with Gasteiger partial charge in [-0.25, -0.2) is 0 Å². The van der Waals surface area contributed by atoms with Crippen LogP contribution in [0.1, 0.15) is 37.9 Å². The van der Waals surface area contributed by atoms with E-state index in [4.69, 9.17) is 4.74 Å². The quantitative estimate of drug-likeness (QED) is 0.533. The van der Waals surface area contributed by atoms with E-state index in [2.05, 4.69) is 5.32 Å². The molecule has 1 aliphatic rings. The largest absolute Gasteiger partial charge is 0.496 e. The number of amides is 1. The summed E-state index contributed by atoms with van der Waals surface area (Å²) in [6.45, 7) is 0.414. The Hall–Kier alpha value is -3.44. The van der Waals surface area contributed by atoms with E-state index >= 15 is 0 Å². The number of hydrogen-bond acceptors (Lipinski definition) is 4. The van der Waals surface area contributed by atoms with Gasteiger partial charge >= 0.3 is 0 Å². The van der Waals surface area contributed by atoms with Gasteiger partial charge in [0, 0.05) is 28.8 Å². The molecule has 1 unspecified atom stereocenters. The number of ether oxygens (including phenoxy) is 1. The van der Waals surface area contributed by atoms with Crippen molar-refractivity contribution in [1.29, 1.82) is 0 Å². The molecule has 1 atom stereocenters. The summed E-state index contributed by atoms with van der Waals surface area (Å²) in [5.74, 6) is 0.546. The molecule has 0 aromatic heterocycles. The SMILES string of the molecule is COc1ccccc1C(CNC(=O)c1ccc2c(c1)C(=O)c1ccccc1-2)N(C)C. The molecule has 1 N–H and O–H groups in total. The zero-order chi connectivity index (χ0) is 21.3. The number of para-hydroxylation sites is 1. The molecule has 3 aromatic rings. The summed E-state index contributed by atoms with van der Waals surface area (Å²) in [6.07, 6.45) is 0. The first-order chi connectivity index (χ1) is 14.5. The number of carbonyl (C=O) groups is 2. The van der Waals surface area contributed by atoms with Crippen molar-refractivity contribution in [3.8, 4) is 16.9 Å². The van der Waals surface area contributed by atoms with Crippen LogP contribution in [0.15, 0.2) is 66.7 Å². The third kappa shape index (κ3) is 3.48. The number of likely N-dealkylation sites (N-methyl/N-ethyl adjacent to an activating group) is 1. The summed E-state index contributed by atoms with van der Waals surface area (Å²) in [7, 11) is 5.58. The fourth-order valence-corrected chi connectivity index (χ4v) is 3.97. The van der Waals surface area contributed by atoms with Gasteiger partial charge in [0.1, 0.15) is 5.75 Å². The predicted molar refractivity (Wildman–Crippen MR) is 117 cm³/mol. The summed E-state index contributed by atoms with van der Waals surface area (Å²) in [6, 6.07) is 20.6. The van der Waals surface area contributed by atoms with Gasteiger partial charge in [0.25, 0.3) is 5.91 Å². The second kappa shape index (κ2) is 8.13. The van der Waals surface area contributed by atoms with Crippen LogP contribution >= 0.6 is 0 Å². The van der Waals surface area contributed by atoms with Gasteiger partial charge in [-0.2, -0.15) is 0 Å². The van der Waals surface area contributed by atoms with Crippen molar-refractivity contribution in [3.63, 3.8) is 0 Å². The Kier molecular flexibility index (Phi) is 5.38. The van der Waals surface area contributed by atoms with Crippen molar-refractivity contribution in [2.45, 2.75) is 6.04 Å². The Bertz CT molecular complexity index is 1120. The average molecular weight is 400 g/mol. The molecule has 0 spiro atoms. The van der Waals surface area contributed by atoms with Gasteiger partial charge in [-0.05, 0) is 43.4 Å². The van der Waals surface area contributed by atoms with Crippen LogP contribution in [-0.2, 0) is 0 Å². The molecule has 30 heavy (non-hydrogen) atoms. The minimum atomic E-state index is -0.205. The molecule has 0 heterocycles. The monoisotopic (exact) mass is 400 g/mol. The first-order valence-electron chi connectivity index (χ1n) is 9.87. The second-order valence-electron chi connectivity index (χ2n) is 7.57. The van der Waals surface area contributed by atoms with Gasteiger partial charge in [-0.15, -0.1) is 0 Å². The highest BCUT2D eigenvalue weighted by Gasteiger charge is 2.27. The van der Waals surface area contributed by atoms with E-state index in [-0.39, 0.29) is 17.7 Å². The molecule has 1 amide bonds. The van der Waals surface area contributed by atoms with Crippen LogP contribution < -0.4 is 10.1 Å². The fraction of sp³-hybridized carbons (Fsp3) is 0.200. The van der Waals surface area contributed by atoms with Gasteiger partial charge < -0.3 is 15.0 Å². The minimum absolute atomic E-state index is 0.0320. The number of benzene rings is 3. The van der Waals surface area contributed by atoms with Crippen molar-refractivity contribution in [3.05, 3.63) is 89.0 Å². The van der Waals surface area contributed by atoms with E-state index in [9.17, 15) is 9.59 Å². The summed E-state index contributed by atoms with van der Waals surface area (Å²) < 4.78 is 5.48. The number of ketones is 1. The molecule has 5 heteroatoms. The van der Waals surface area contributed by atoms with E-state index in [1.165, 1.54) is 0 Å². The molecule has 0 radical (unpaired) electrons. The first-order valence-corrected chi connectivity index (χ1v) is 9.87. The highest BCUT2D eigenvalue weighted by atomic mass is 16.5. The molecule has 5 nitrogen and oxygen atoms in total. The molecule has 4 rings (SSSR count). The summed E-state index contributed by atoms with van der Waals surface area (Å²) in [4.78, 5) is 27.6. The summed E-state index contributed by atoms with van der Waals surface area (Å²) in [5, 5.41) is 3.01. The number of hydrogen-bond donors (Lipinski definition) is 1. The van der Waals surface area contributed by atoms with Crippen LogP contribution in [0, 0.1) is 0 Å². The fourth-order valence-electron chi connectivity index (χ4n) is 3.97.